The van der Waals surface area contributed by atoms with E-state index in [0.29, 0.717) is 5.88 Å². The zero-order valence-corrected chi connectivity index (χ0v) is 16.0. The number of aromatic nitrogens is 3. The second kappa shape index (κ2) is 8.52. The van der Waals surface area contributed by atoms with E-state index in [4.69, 9.17) is 9.72 Å². The van der Waals surface area contributed by atoms with Gasteiger partial charge in [0, 0.05) is 64.3 Å². The third-order valence-electron chi connectivity index (χ3n) is 5.38. The molecule has 0 aliphatic carbocycles. The molecule has 27 heavy (non-hydrogen) atoms. The van der Waals surface area contributed by atoms with Crippen molar-refractivity contribution in [3.8, 4) is 5.88 Å². The van der Waals surface area contributed by atoms with Crippen molar-refractivity contribution in [3.63, 3.8) is 0 Å². The van der Waals surface area contributed by atoms with Crippen LogP contribution in [0.5, 0.6) is 5.88 Å². The average Bonchev–Trinajstić information content (AvgIpc) is 2.75. The van der Waals surface area contributed by atoms with Crippen molar-refractivity contribution in [2.24, 2.45) is 0 Å². The van der Waals surface area contributed by atoms with Crippen molar-refractivity contribution in [3.05, 3.63) is 36.2 Å². The highest BCUT2D eigenvalue weighted by Crippen LogP contribution is 2.20. The van der Waals surface area contributed by atoms with Crippen LogP contribution in [0.25, 0.3) is 0 Å². The SMILES string of the molecule is COc1ccc(CN2CCN(c3ccnc(N4CCCCC4)n3)CC2)cn1. The van der Waals surface area contributed by atoms with E-state index >= 15 is 0 Å². The van der Waals surface area contributed by atoms with Crippen molar-refractivity contribution >= 4 is 11.8 Å². The lowest BCUT2D eigenvalue weighted by molar-refractivity contribution is 0.249. The number of ether oxygens (including phenoxy) is 1. The molecule has 4 rings (SSSR count). The van der Waals surface area contributed by atoms with E-state index in [2.05, 4.69) is 30.7 Å². The van der Waals surface area contributed by atoms with E-state index in [9.17, 15) is 0 Å². The molecule has 0 unspecified atom stereocenters. The number of piperidine rings is 1. The molecule has 0 atom stereocenters. The number of methoxy groups -OCH3 is 1. The third-order valence-corrected chi connectivity index (χ3v) is 5.38. The minimum atomic E-state index is 0.664. The van der Waals surface area contributed by atoms with Crippen molar-refractivity contribution in [2.45, 2.75) is 25.8 Å². The predicted octanol–water partition coefficient (Wildman–Crippen LogP) is 2.19. The van der Waals surface area contributed by atoms with Gasteiger partial charge >= 0.3 is 0 Å². The van der Waals surface area contributed by atoms with Gasteiger partial charge in [0.15, 0.2) is 0 Å². The Morgan fingerprint density at radius 1 is 0.889 bits per heavy atom. The van der Waals surface area contributed by atoms with Gasteiger partial charge in [-0.1, -0.05) is 6.07 Å². The summed E-state index contributed by atoms with van der Waals surface area (Å²) in [6.07, 6.45) is 7.61. The molecule has 2 aromatic heterocycles. The zero-order chi connectivity index (χ0) is 18.5. The molecular formula is C20H28N6O. The number of rotatable bonds is 5. The standard InChI is InChI=1S/C20H28N6O/c1-27-19-6-5-17(15-22-19)16-24-11-13-25(14-12-24)18-7-8-21-20(23-18)26-9-3-2-4-10-26/h5-8,15H,2-4,9-14,16H2,1H3. The number of nitrogens with zero attached hydrogens (tertiary/aromatic N) is 6. The summed E-state index contributed by atoms with van der Waals surface area (Å²) in [6.45, 7) is 7.10. The Hall–Kier alpha value is -2.41. The summed E-state index contributed by atoms with van der Waals surface area (Å²) in [5, 5.41) is 0. The minimum absolute atomic E-state index is 0.664. The second-order valence-electron chi connectivity index (χ2n) is 7.23. The van der Waals surface area contributed by atoms with Crippen LogP contribution in [0.15, 0.2) is 30.6 Å². The van der Waals surface area contributed by atoms with Gasteiger partial charge in [-0.25, -0.2) is 9.97 Å². The van der Waals surface area contributed by atoms with E-state index < -0.39 is 0 Å². The van der Waals surface area contributed by atoms with Crippen LogP contribution in [0, 0.1) is 0 Å². The monoisotopic (exact) mass is 368 g/mol. The van der Waals surface area contributed by atoms with Crippen LogP contribution in [0.1, 0.15) is 24.8 Å². The summed E-state index contributed by atoms with van der Waals surface area (Å²) in [7, 11) is 1.64. The summed E-state index contributed by atoms with van der Waals surface area (Å²) >= 11 is 0. The molecule has 2 aliphatic heterocycles. The minimum Gasteiger partial charge on any atom is -0.481 e. The van der Waals surface area contributed by atoms with Crippen molar-refractivity contribution in [1.82, 2.24) is 19.9 Å². The first-order chi connectivity index (χ1) is 13.3. The van der Waals surface area contributed by atoms with Crippen LogP contribution >= 0.6 is 0 Å². The molecule has 0 radical (unpaired) electrons. The van der Waals surface area contributed by atoms with Crippen LogP contribution in [-0.2, 0) is 6.54 Å². The Balaban J connectivity index is 1.33. The van der Waals surface area contributed by atoms with Gasteiger partial charge in [-0.15, -0.1) is 0 Å². The maximum Gasteiger partial charge on any atom is 0.227 e. The van der Waals surface area contributed by atoms with Gasteiger partial charge in [-0.3, -0.25) is 4.90 Å². The van der Waals surface area contributed by atoms with E-state index in [1.54, 1.807) is 7.11 Å². The fourth-order valence-corrected chi connectivity index (χ4v) is 3.78. The lowest BCUT2D eigenvalue weighted by Crippen LogP contribution is -2.46. The fourth-order valence-electron chi connectivity index (χ4n) is 3.78. The van der Waals surface area contributed by atoms with Crippen molar-refractivity contribution < 1.29 is 4.74 Å². The normalized spacial score (nSPS) is 18.6. The number of anilines is 2. The molecule has 7 nitrogen and oxygen atoms in total. The Morgan fingerprint density at radius 2 is 1.70 bits per heavy atom. The smallest absolute Gasteiger partial charge is 0.227 e. The molecular weight excluding hydrogens is 340 g/mol. The van der Waals surface area contributed by atoms with Crippen molar-refractivity contribution in [1.29, 1.82) is 0 Å². The Labute approximate surface area is 161 Å². The molecule has 7 heteroatoms. The second-order valence-corrected chi connectivity index (χ2v) is 7.23. The average molecular weight is 368 g/mol. The summed E-state index contributed by atoms with van der Waals surface area (Å²) in [5.41, 5.74) is 1.22. The molecule has 0 aromatic carbocycles. The van der Waals surface area contributed by atoms with Gasteiger partial charge in [-0.2, -0.15) is 4.98 Å². The first kappa shape index (κ1) is 18.0. The number of pyridine rings is 1. The predicted molar refractivity (Wildman–Crippen MR) is 106 cm³/mol. The largest absolute Gasteiger partial charge is 0.481 e. The summed E-state index contributed by atoms with van der Waals surface area (Å²) < 4.78 is 5.13. The maximum atomic E-state index is 5.13. The molecule has 2 aliphatic rings. The first-order valence-corrected chi connectivity index (χ1v) is 9.86. The number of hydrogen-bond donors (Lipinski definition) is 0. The van der Waals surface area contributed by atoms with Crippen LogP contribution < -0.4 is 14.5 Å². The quantitative estimate of drug-likeness (QED) is 0.802. The summed E-state index contributed by atoms with van der Waals surface area (Å²) in [5.74, 6) is 2.60. The molecule has 144 valence electrons. The third kappa shape index (κ3) is 4.47. The van der Waals surface area contributed by atoms with Crippen LogP contribution in [-0.4, -0.2) is 66.2 Å². The highest BCUT2D eigenvalue weighted by Gasteiger charge is 2.20. The van der Waals surface area contributed by atoms with Gasteiger partial charge in [0.1, 0.15) is 5.82 Å². The van der Waals surface area contributed by atoms with E-state index in [1.165, 1.54) is 24.8 Å². The molecule has 0 amide bonds. The highest BCUT2D eigenvalue weighted by molar-refractivity contribution is 5.44. The van der Waals surface area contributed by atoms with Crippen LogP contribution in [0.4, 0.5) is 11.8 Å². The Morgan fingerprint density at radius 3 is 2.41 bits per heavy atom. The lowest BCUT2D eigenvalue weighted by Gasteiger charge is -2.36. The first-order valence-electron chi connectivity index (χ1n) is 9.86. The van der Waals surface area contributed by atoms with E-state index in [0.717, 1.165) is 57.6 Å². The van der Waals surface area contributed by atoms with E-state index in [-0.39, 0.29) is 0 Å². The van der Waals surface area contributed by atoms with Crippen LogP contribution in [0.3, 0.4) is 0 Å². The zero-order valence-electron chi connectivity index (χ0n) is 16.0. The molecule has 0 spiro atoms. The Kier molecular flexibility index (Phi) is 5.67. The molecule has 0 saturated carbocycles. The molecule has 0 bridgehead atoms. The van der Waals surface area contributed by atoms with Gasteiger partial charge in [0.25, 0.3) is 0 Å². The number of hydrogen-bond acceptors (Lipinski definition) is 7. The van der Waals surface area contributed by atoms with Crippen LogP contribution in [0.2, 0.25) is 0 Å². The highest BCUT2D eigenvalue weighted by atomic mass is 16.5. The molecule has 2 saturated heterocycles. The van der Waals surface area contributed by atoms with Gasteiger partial charge < -0.3 is 14.5 Å². The number of piperazine rings is 1. The lowest BCUT2D eigenvalue weighted by atomic mass is 10.1. The van der Waals surface area contributed by atoms with Gasteiger partial charge in [0.05, 0.1) is 7.11 Å². The Bertz CT molecular complexity index is 724. The molecule has 2 fully saturated rings. The summed E-state index contributed by atoms with van der Waals surface area (Å²) in [6, 6.07) is 6.05. The maximum absolute atomic E-state index is 5.13. The van der Waals surface area contributed by atoms with Crippen molar-refractivity contribution in [2.75, 3.05) is 56.2 Å². The molecule has 0 N–H and O–H groups in total. The molecule has 2 aromatic rings. The topological polar surface area (TPSA) is 57.6 Å². The van der Waals surface area contributed by atoms with Gasteiger partial charge in [-0.05, 0) is 30.9 Å². The fraction of sp³-hybridized carbons (Fsp3) is 0.550. The van der Waals surface area contributed by atoms with Gasteiger partial charge in [0.2, 0.25) is 11.8 Å². The van der Waals surface area contributed by atoms with E-state index in [1.807, 2.05) is 24.5 Å². The summed E-state index contributed by atoms with van der Waals surface area (Å²) in [4.78, 5) is 20.8. The molecule has 4 heterocycles.